The van der Waals surface area contributed by atoms with Crippen LogP contribution >= 0.6 is 0 Å². The summed E-state index contributed by atoms with van der Waals surface area (Å²) < 4.78 is 0. The first-order valence-electron chi connectivity index (χ1n) is 7.00. The lowest BCUT2D eigenvalue weighted by Gasteiger charge is -2.25. The van der Waals surface area contributed by atoms with Crippen LogP contribution in [0.4, 0.5) is 0 Å². The first-order chi connectivity index (χ1) is 8.26. The van der Waals surface area contributed by atoms with Crippen LogP contribution in [0.5, 0.6) is 0 Å². The summed E-state index contributed by atoms with van der Waals surface area (Å²) in [6, 6.07) is 0.314. The quantitative estimate of drug-likeness (QED) is 0.718. The van der Waals surface area contributed by atoms with Gasteiger partial charge in [-0.05, 0) is 51.1 Å². The predicted molar refractivity (Wildman–Crippen MR) is 68.6 cm³/mol. The summed E-state index contributed by atoms with van der Waals surface area (Å²) in [6.07, 6.45) is 5.73. The van der Waals surface area contributed by atoms with Gasteiger partial charge in [0.2, 0.25) is 5.91 Å². The molecular weight excluding hydrogens is 214 g/mol. The predicted octanol–water partition coefficient (Wildman–Crippen LogP) is 0.714. The van der Waals surface area contributed by atoms with Crippen molar-refractivity contribution in [3.05, 3.63) is 0 Å². The Balaban J connectivity index is 1.85. The molecule has 1 aliphatic carbocycles. The van der Waals surface area contributed by atoms with Gasteiger partial charge in [0.15, 0.2) is 0 Å². The van der Waals surface area contributed by atoms with Crippen molar-refractivity contribution in [2.24, 2.45) is 11.7 Å². The van der Waals surface area contributed by atoms with Crippen molar-refractivity contribution < 1.29 is 4.79 Å². The number of rotatable bonds is 6. The fraction of sp³-hybridized carbons (Fsp3) is 0.923. The van der Waals surface area contributed by atoms with Gasteiger partial charge in [0, 0.05) is 12.6 Å². The highest BCUT2D eigenvalue weighted by Gasteiger charge is 2.35. The van der Waals surface area contributed by atoms with Crippen molar-refractivity contribution in [1.29, 1.82) is 0 Å². The molecule has 1 saturated carbocycles. The maximum Gasteiger partial charge on any atom is 0.237 e. The Labute approximate surface area is 104 Å². The molecule has 17 heavy (non-hydrogen) atoms. The molecule has 2 atom stereocenters. The van der Waals surface area contributed by atoms with Crippen molar-refractivity contribution in [2.75, 3.05) is 19.6 Å². The highest BCUT2D eigenvalue weighted by molar-refractivity contribution is 5.82. The first kappa shape index (κ1) is 12.8. The second-order valence-corrected chi connectivity index (χ2v) is 5.38. The summed E-state index contributed by atoms with van der Waals surface area (Å²) in [4.78, 5) is 14.5. The van der Waals surface area contributed by atoms with Crippen molar-refractivity contribution in [1.82, 2.24) is 10.2 Å². The SMILES string of the molecule is CCCN1CCCC1C(=O)NC(CN)C1CC1. The standard InChI is InChI=1S/C13H25N3O/c1-2-7-16-8-3-4-12(16)13(17)15-11(9-14)10-5-6-10/h10-12H,2-9,14H2,1H3,(H,15,17). The third kappa shape index (κ3) is 3.19. The lowest BCUT2D eigenvalue weighted by atomic mass is 10.1. The Kier molecular flexibility index (Phi) is 4.40. The molecule has 0 spiro atoms. The van der Waals surface area contributed by atoms with E-state index >= 15 is 0 Å². The average molecular weight is 239 g/mol. The van der Waals surface area contributed by atoms with E-state index in [-0.39, 0.29) is 18.0 Å². The zero-order valence-electron chi connectivity index (χ0n) is 10.8. The fourth-order valence-electron chi connectivity index (χ4n) is 2.82. The molecule has 2 fully saturated rings. The minimum absolute atomic E-state index is 0.0998. The Hall–Kier alpha value is -0.610. The molecule has 1 heterocycles. The molecule has 0 radical (unpaired) electrons. The van der Waals surface area contributed by atoms with E-state index < -0.39 is 0 Å². The maximum absolute atomic E-state index is 12.2. The number of nitrogens with two attached hydrogens (primary N) is 1. The highest BCUT2D eigenvalue weighted by atomic mass is 16.2. The Bertz CT molecular complexity index is 265. The normalized spacial score (nSPS) is 27.1. The average Bonchev–Trinajstić information content (AvgIpc) is 3.06. The van der Waals surface area contributed by atoms with Crippen LogP contribution in [0.15, 0.2) is 0 Å². The monoisotopic (exact) mass is 239 g/mol. The molecule has 2 unspecified atom stereocenters. The van der Waals surface area contributed by atoms with Crippen molar-refractivity contribution in [2.45, 2.75) is 51.1 Å². The Morgan fingerprint density at radius 1 is 1.47 bits per heavy atom. The summed E-state index contributed by atoms with van der Waals surface area (Å²) in [7, 11) is 0. The molecule has 0 bridgehead atoms. The van der Waals surface area contributed by atoms with Crippen molar-refractivity contribution >= 4 is 5.91 Å². The molecule has 2 rings (SSSR count). The maximum atomic E-state index is 12.2. The number of carbonyl (C=O) groups excluding carboxylic acids is 1. The van der Waals surface area contributed by atoms with E-state index in [0.717, 1.165) is 32.4 Å². The second kappa shape index (κ2) is 5.83. The van der Waals surface area contributed by atoms with Gasteiger partial charge in [-0.15, -0.1) is 0 Å². The molecule has 4 heteroatoms. The number of carbonyl (C=O) groups is 1. The van der Waals surface area contributed by atoms with Gasteiger partial charge in [-0.3, -0.25) is 9.69 Å². The van der Waals surface area contributed by atoms with E-state index in [1.54, 1.807) is 0 Å². The van der Waals surface area contributed by atoms with Crippen molar-refractivity contribution in [3.63, 3.8) is 0 Å². The molecule has 1 aliphatic heterocycles. The summed E-state index contributed by atoms with van der Waals surface area (Å²) in [5.74, 6) is 0.850. The minimum atomic E-state index is 0.0998. The van der Waals surface area contributed by atoms with Crippen LogP contribution in [-0.4, -0.2) is 42.5 Å². The number of likely N-dealkylation sites (tertiary alicyclic amines) is 1. The smallest absolute Gasteiger partial charge is 0.237 e. The van der Waals surface area contributed by atoms with E-state index in [0.29, 0.717) is 12.5 Å². The third-order valence-corrected chi connectivity index (χ3v) is 3.95. The molecular formula is C13H25N3O. The molecule has 4 nitrogen and oxygen atoms in total. The van der Waals surface area contributed by atoms with Gasteiger partial charge in [0.1, 0.15) is 0 Å². The van der Waals surface area contributed by atoms with E-state index in [4.69, 9.17) is 5.73 Å². The zero-order chi connectivity index (χ0) is 12.3. The van der Waals surface area contributed by atoms with Gasteiger partial charge in [-0.1, -0.05) is 6.92 Å². The van der Waals surface area contributed by atoms with Gasteiger partial charge < -0.3 is 11.1 Å². The number of nitrogens with one attached hydrogen (secondary N) is 1. The zero-order valence-corrected chi connectivity index (χ0v) is 10.8. The Morgan fingerprint density at radius 3 is 2.82 bits per heavy atom. The summed E-state index contributed by atoms with van der Waals surface area (Å²) >= 11 is 0. The topological polar surface area (TPSA) is 58.4 Å². The van der Waals surface area contributed by atoms with E-state index in [1.165, 1.54) is 12.8 Å². The van der Waals surface area contributed by atoms with Crippen LogP contribution in [0.3, 0.4) is 0 Å². The molecule has 1 amide bonds. The van der Waals surface area contributed by atoms with Crippen LogP contribution in [0.1, 0.15) is 39.0 Å². The highest BCUT2D eigenvalue weighted by Crippen LogP contribution is 2.32. The van der Waals surface area contributed by atoms with Gasteiger partial charge in [-0.25, -0.2) is 0 Å². The first-order valence-corrected chi connectivity index (χ1v) is 7.00. The Morgan fingerprint density at radius 2 is 2.24 bits per heavy atom. The molecule has 98 valence electrons. The summed E-state index contributed by atoms with van der Waals surface area (Å²) in [5.41, 5.74) is 5.73. The van der Waals surface area contributed by atoms with Crippen LogP contribution in [0.2, 0.25) is 0 Å². The van der Waals surface area contributed by atoms with Gasteiger partial charge in [0.05, 0.1) is 6.04 Å². The van der Waals surface area contributed by atoms with Gasteiger partial charge >= 0.3 is 0 Å². The number of amides is 1. The van der Waals surface area contributed by atoms with Gasteiger partial charge in [-0.2, -0.15) is 0 Å². The number of hydrogen-bond donors (Lipinski definition) is 2. The minimum Gasteiger partial charge on any atom is -0.350 e. The van der Waals surface area contributed by atoms with Crippen LogP contribution < -0.4 is 11.1 Å². The van der Waals surface area contributed by atoms with Crippen LogP contribution in [-0.2, 0) is 4.79 Å². The van der Waals surface area contributed by atoms with Crippen molar-refractivity contribution in [3.8, 4) is 0 Å². The number of nitrogens with zero attached hydrogens (tertiary/aromatic N) is 1. The lowest BCUT2D eigenvalue weighted by molar-refractivity contribution is -0.126. The number of hydrogen-bond acceptors (Lipinski definition) is 3. The van der Waals surface area contributed by atoms with E-state index in [9.17, 15) is 4.79 Å². The lowest BCUT2D eigenvalue weighted by Crippen LogP contribution is -2.50. The molecule has 0 aromatic heterocycles. The van der Waals surface area contributed by atoms with Crippen LogP contribution in [0.25, 0.3) is 0 Å². The largest absolute Gasteiger partial charge is 0.350 e. The second-order valence-electron chi connectivity index (χ2n) is 5.38. The van der Waals surface area contributed by atoms with E-state index in [1.807, 2.05) is 0 Å². The van der Waals surface area contributed by atoms with Gasteiger partial charge in [0.25, 0.3) is 0 Å². The molecule has 0 aromatic rings. The van der Waals surface area contributed by atoms with Crippen LogP contribution in [0, 0.1) is 5.92 Å². The third-order valence-electron chi connectivity index (χ3n) is 3.95. The summed E-state index contributed by atoms with van der Waals surface area (Å²) in [5, 5.41) is 3.15. The summed E-state index contributed by atoms with van der Waals surface area (Å²) in [6.45, 7) is 4.86. The molecule has 1 saturated heterocycles. The molecule has 0 aromatic carbocycles. The molecule has 3 N–H and O–H groups in total. The molecule has 2 aliphatic rings. The fourth-order valence-corrected chi connectivity index (χ4v) is 2.82. The van der Waals surface area contributed by atoms with E-state index in [2.05, 4.69) is 17.1 Å².